The topological polar surface area (TPSA) is 27.1 Å². The minimum absolute atomic E-state index is 0.207. The molecule has 0 radical (unpaired) electrons. The lowest BCUT2D eigenvalue weighted by Gasteiger charge is -2.18. The minimum atomic E-state index is -0.207. The van der Waals surface area contributed by atoms with Crippen molar-refractivity contribution >= 4 is 17.6 Å². The van der Waals surface area contributed by atoms with Gasteiger partial charge in [-0.3, -0.25) is 0 Å². The zero-order valence-corrected chi connectivity index (χ0v) is 19.7. The van der Waals surface area contributed by atoms with Gasteiger partial charge in [0, 0.05) is 18.1 Å². The van der Waals surface area contributed by atoms with Crippen LogP contribution in [0.4, 0.5) is 4.39 Å². The van der Waals surface area contributed by atoms with Crippen LogP contribution in [0, 0.1) is 12.7 Å². The lowest BCUT2D eigenvalue weighted by molar-refractivity contribution is 0.343. The summed E-state index contributed by atoms with van der Waals surface area (Å²) < 4.78 is 20.4. The van der Waals surface area contributed by atoms with Crippen LogP contribution < -0.4 is 15.7 Å². The second-order valence-electron chi connectivity index (χ2n) is 7.98. The molecule has 0 unspecified atom stereocenters. The summed E-state index contributed by atoms with van der Waals surface area (Å²) in [7, 11) is 0. The van der Waals surface area contributed by atoms with E-state index < -0.39 is 0 Å². The number of aryl methyl sites for hydroxylation is 1. The van der Waals surface area contributed by atoms with Crippen LogP contribution in [0.15, 0.2) is 91.5 Å². The second-order valence-corrected chi connectivity index (χ2v) is 7.98. The first-order valence-electron chi connectivity index (χ1n) is 11.6. The molecule has 3 aromatic carbocycles. The molecule has 0 fully saturated rings. The average Bonchev–Trinajstić information content (AvgIpc) is 3.36. The van der Waals surface area contributed by atoms with E-state index >= 15 is 0 Å². The molecule has 33 heavy (non-hydrogen) atoms. The Morgan fingerprint density at radius 1 is 0.970 bits per heavy atom. The van der Waals surface area contributed by atoms with E-state index in [1.807, 2.05) is 24.6 Å². The maximum absolute atomic E-state index is 12.8. The van der Waals surface area contributed by atoms with Crippen molar-refractivity contribution < 1.29 is 9.13 Å². The van der Waals surface area contributed by atoms with E-state index in [0.29, 0.717) is 13.3 Å². The molecule has 0 saturated carbocycles. The van der Waals surface area contributed by atoms with Crippen molar-refractivity contribution in [2.75, 3.05) is 6.61 Å². The van der Waals surface area contributed by atoms with Gasteiger partial charge in [-0.2, -0.15) is 0 Å². The highest BCUT2D eigenvalue weighted by Gasteiger charge is 2.21. The fourth-order valence-electron chi connectivity index (χ4n) is 3.96. The number of benzene rings is 3. The van der Waals surface area contributed by atoms with Gasteiger partial charge in [0.25, 0.3) is 0 Å². The number of rotatable bonds is 8. The quantitative estimate of drug-likeness (QED) is 0.322. The summed E-state index contributed by atoms with van der Waals surface area (Å²) in [5.74, 6) is 0.821. The summed E-state index contributed by atoms with van der Waals surface area (Å²) in [6, 6.07) is 23.9. The highest BCUT2D eigenvalue weighted by Crippen LogP contribution is 2.14. The normalized spacial score (nSPS) is 10.3. The summed E-state index contributed by atoms with van der Waals surface area (Å²) in [5.41, 5.74) is 4.55. The average molecular weight is 442 g/mol. The van der Waals surface area contributed by atoms with Gasteiger partial charge in [0.1, 0.15) is 11.6 Å². The van der Waals surface area contributed by atoms with E-state index in [9.17, 15) is 4.39 Å². The number of halogens is 1. The minimum Gasteiger partial charge on any atom is -0.494 e. The summed E-state index contributed by atoms with van der Waals surface area (Å²) in [4.78, 5) is 3.93. The van der Waals surface area contributed by atoms with Crippen LogP contribution in [0.5, 0.6) is 5.75 Å². The Morgan fingerprint density at radius 2 is 1.73 bits per heavy atom. The van der Waals surface area contributed by atoms with E-state index in [2.05, 4.69) is 66.5 Å². The number of para-hydroxylation sites is 1. The molecule has 0 bridgehead atoms. The zero-order valence-electron chi connectivity index (χ0n) is 19.7. The molecule has 0 spiro atoms. The summed E-state index contributed by atoms with van der Waals surface area (Å²) in [6.07, 6.45) is 8.86. The first kappa shape index (κ1) is 24.3. The van der Waals surface area contributed by atoms with Crippen LogP contribution in [-0.2, 0) is 0 Å². The second kappa shape index (κ2) is 12.6. The van der Waals surface area contributed by atoms with Gasteiger partial charge in [-0.05, 0) is 49.1 Å². The lowest BCUT2D eigenvalue weighted by Crippen LogP contribution is -2.42. The number of aromatic nitrogens is 2. The molecular weight excluding hydrogens is 410 g/mol. The van der Waals surface area contributed by atoms with Gasteiger partial charge in [0.2, 0.25) is 6.71 Å². The van der Waals surface area contributed by atoms with Gasteiger partial charge in [0.05, 0.1) is 12.9 Å². The molecule has 0 saturated heterocycles. The maximum Gasteiger partial charge on any atom is 0.214 e. The molecule has 4 rings (SSSR count). The Bertz CT molecular complexity index is 1100. The van der Waals surface area contributed by atoms with Crippen LogP contribution in [0.1, 0.15) is 32.3 Å². The van der Waals surface area contributed by atoms with E-state index in [1.165, 1.54) is 42.2 Å². The zero-order chi connectivity index (χ0) is 23.5. The predicted molar refractivity (Wildman–Crippen MR) is 137 cm³/mol. The Hall–Kier alpha value is -3.34. The molecule has 0 aliphatic heterocycles. The van der Waals surface area contributed by atoms with Gasteiger partial charge < -0.3 is 9.30 Å². The Kier molecular flexibility index (Phi) is 9.31. The van der Waals surface area contributed by atoms with Crippen molar-refractivity contribution in [2.45, 2.75) is 39.9 Å². The fourth-order valence-corrected chi connectivity index (χ4v) is 3.96. The van der Waals surface area contributed by atoms with E-state index in [0.717, 1.165) is 17.0 Å². The summed E-state index contributed by atoms with van der Waals surface area (Å²) in [5, 5.41) is 0. The van der Waals surface area contributed by atoms with Crippen LogP contribution in [-0.4, -0.2) is 22.9 Å². The molecule has 1 heterocycles. The van der Waals surface area contributed by atoms with Crippen molar-refractivity contribution in [2.24, 2.45) is 0 Å². The predicted octanol–water partition coefficient (Wildman–Crippen LogP) is 5.81. The third-order valence-corrected chi connectivity index (χ3v) is 5.58. The van der Waals surface area contributed by atoms with Gasteiger partial charge in [-0.1, -0.05) is 80.1 Å². The van der Waals surface area contributed by atoms with E-state index in [4.69, 9.17) is 4.74 Å². The monoisotopic (exact) mass is 442 g/mol. The van der Waals surface area contributed by atoms with Crippen molar-refractivity contribution in [1.82, 2.24) is 9.55 Å². The molecule has 0 amide bonds. The molecule has 3 nitrogen and oxygen atoms in total. The largest absolute Gasteiger partial charge is 0.494 e. The van der Waals surface area contributed by atoms with Gasteiger partial charge >= 0.3 is 0 Å². The number of hydrogen-bond acceptors (Lipinski definition) is 2. The van der Waals surface area contributed by atoms with Gasteiger partial charge in [-0.25, -0.2) is 9.37 Å². The van der Waals surface area contributed by atoms with Crippen molar-refractivity contribution in [3.8, 4) is 11.4 Å². The standard InChI is InChI=1S/C18H23BO.C10H9FN2/c1-3-5-15-19(16-11-7-6-8-12-16)17-13-9-10-14-18(17)20-4-2;1-8-6-9(11)2-3-10(8)13-5-4-12-7-13/h6-14H,3-5,15H2,1-2H3;2-7H,1H3. The summed E-state index contributed by atoms with van der Waals surface area (Å²) in [6.45, 7) is 7.31. The molecule has 1 aromatic heterocycles. The Labute approximate surface area is 197 Å². The number of ether oxygens (including phenoxy) is 1. The van der Waals surface area contributed by atoms with Gasteiger partial charge in [0.15, 0.2) is 0 Å². The Morgan fingerprint density at radius 3 is 2.39 bits per heavy atom. The third kappa shape index (κ3) is 6.82. The smallest absolute Gasteiger partial charge is 0.214 e. The number of imidazole rings is 1. The van der Waals surface area contributed by atoms with Crippen molar-refractivity contribution in [1.29, 1.82) is 0 Å². The number of unbranched alkanes of at least 4 members (excludes halogenated alkanes) is 1. The summed E-state index contributed by atoms with van der Waals surface area (Å²) >= 11 is 0. The molecule has 4 aromatic rings. The molecule has 0 aliphatic carbocycles. The van der Waals surface area contributed by atoms with Crippen LogP contribution in [0.25, 0.3) is 5.69 Å². The van der Waals surface area contributed by atoms with Crippen molar-refractivity contribution in [3.63, 3.8) is 0 Å². The molecule has 5 heteroatoms. The van der Waals surface area contributed by atoms with Crippen LogP contribution in [0.2, 0.25) is 6.32 Å². The highest BCUT2D eigenvalue weighted by molar-refractivity contribution is 6.85. The fraction of sp³-hybridized carbons (Fsp3) is 0.250. The third-order valence-electron chi connectivity index (χ3n) is 5.58. The van der Waals surface area contributed by atoms with Gasteiger partial charge in [-0.15, -0.1) is 0 Å². The Balaban J connectivity index is 0.000000203. The van der Waals surface area contributed by atoms with Crippen LogP contribution >= 0.6 is 0 Å². The lowest BCUT2D eigenvalue weighted by atomic mass is 9.38. The number of hydrogen-bond donors (Lipinski definition) is 0. The number of nitrogens with zero attached hydrogens (tertiary/aromatic N) is 2. The molecular formula is C28H32BFN2O. The molecule has 0 aliphatic rings. The van der Waals surface area contributed by atoms with Crippen molar-refractivity contribution in [3.05, 3.63) is 103 Å². The SMILES string of the molecule is CCCCB(c1ccccc1)c1ccccc1OCC.Cc1cc(F)ccc1-n1ccnc1. The first-order valence-corrected chi connectivity index (χ1v) is 11.6. The molecule has 0 atom stereocenters. The highest BCUT2D eigenvalue weighted by atomic mass is 19.1. The van der Waals surface area contributed by atoms with E-state index in [-0.39, 0.29) is 5.82 Å². The van der Waals surface area contributed by atoms with Crippen LogP contribution in [0.3, 0.4) is 0 Å². The maximum atomic E-state index is 12.8. The molecule has 170 valence electrons. The van der Waals surface area contributed by atoms with E-state index in [1.54, 1.807) is 18.6 Å². The molecule has 0 N–H and O–H groups in total. The first-order chi connectivity index (χ1) is 16.1.